The number of piperidine rings is 1. The number of nitrogens with one attached hydrogen (secondary N) is 1. The van der Waals surface area contributed by atoms with Crippen molar-refractivity contribution >= 4 is 23.3 Å². The second-order valence-electron chi connectivity index (χ2n) is 6.72. The lowest BCUT2D eigenvalue weighted by atomic mass is 9.96. The lowest BCUT2D eigenvalue weighted by molar-refractivity contribution is -0.125. The predicted octanol–water partition coefficient (Wildman–Crippen LogP) is 1.71. The summed E-state index contributed by atoms with van der Waals surface area (Å²) in [4.78, 5) is 23.3. The molecular weight excluding hydrogens is 346 g/mol. The van der Waals surface area contributed by atoms with Crippen LogP contribution in [0.5, 0.6) is 0 Å². The number of carbonyl (C=O) groups is 1. The Kier molecular flexibility index (Phi) is 4.66. The highest BCUT2D eigenvalue weighted by atomic mass is 16.3. The van der Waals surface area contributed by atoms with Crippen LogP contribution in [0, 0.1) is 5.92 Å². The van der Waals surface area contributed by atoms with Crippen molar-refractivity contribution in [2.45, 2.75) is 26.2 Å². The monoisotopic (exact) mass is 369 g/mol. The van der Waals surface area contributed by atoms with Gasteiger partial charge in [-0.05, 0) is 31.4 Å². The van der Waals surface area contributed by atoms with E-state index in [-0.39, 0.29) is 11.8 Å². The summed E-state index contributed by atoms with van der Waals surface area (Å²) in [6, 6.07) is 5.37. The van der Waals surface area contributed by atoms with Crippen LogP contribution in [0.3, 0.4) is 0 Å². The molecule has 0 saturated carbocycles. The third kappa shape index (κ3) is 3.44. The van der Waals surface area contributed by atoms with Crippen molar-refractivity contribution in [3.8, 4) is 11.6 Å². The van der Waals surface area contributed by atoms with Gasteiger partial charge in [0.25, 0.3) is 5.78 Å². The van der Waals surface area contributed by atoms with Crippen molar-refractivity contribution in [1.82, 2.24) is 24.9 Å². The summed E-state index contributed by atoms with van der Waals surface area (Å²) in [7, 11) is 0. The maximum absolute atomic E-state index is 12.1. The summed E-state index contributed by atoms with van der Waals surface area (Å²) in [5.41, 5.74) is 6.16. The number of hydrogen-bond acceptors (Lipinski definition) is 7. The lowest BCUT2D eigenvalue weighted by Gasteiger charge is -2.32. The summed E-state index contributed by atoms with van der Waals surface area (Å²) >= 11 is 0. The zero-order valence-corrected chi connectivity index (χ0v) is 15.3. The SMILES string of the molecule is CCCNC(=O)C1CCN(c2cc(N)n3nc(-c4ccco4)nc3n2)CC1. The van der Waals surface area contributed by atoms with E-state index in [9.17, 15) is 4.79 Å². The molecule has 27 heavy (non-hydrogen) atoms. The van der Waals surface area contributed by atoms with Crippen LogP contribution in [0.4, 0.5) is 11.6 Å². The van der Waals surface area contributed by atoms with Crippen molar-refractivity contribution < 1.29 is 9.21 Å². The van der Waals surface area contributed by atoms with Gasteiger partial charge in [0.15, 0.2) is 5.76 Å². The number of carbonyl (C=O) groups excluding carboxylic acids is 1. The van der Waals surface area contributed by atoms with Crippen molar-refractivity contribution in [3.05, 3.63) is 24.5 Å². The number of nitrogens with two attached hydrogens (primary N) is 1. The normalized spacial score (nSPS) is 15.4. The summed E-state index contributed by atoms with van der Waals surface area (Å²) in [5, 5.41) is 7.34. The molecule has 3 aromatic heterocycles. The summed E-state index contributed by atoms with van der Waals surface area (Å²) in [6.07, 6.45) is 4.12. The molecule has 1 saturated heterocycles. The lowest BCUT2D eigenvalue weighted by Crippen LogP contribution is -2.41. The number of amides is 1. The molecule has 0 spiro atoms. The van der Waals surface area contributed by atoms with Crippen LogP contribution >= 0.6 is 0 Å². The molecule has 0 radical (unpaired) electrons. The van der Waals surface area contributed by atoms with Crippen LogP contribution in [0.1, 0.15) is 26.2 Å². The van der Waals surface area contributed by atoms with Gasteiger partial charge < -0.3 is 20.4 Å². The fourth-order valence-electron chi connectivity index (χ4n) is 3.31. The third-order valence-corrected chi connectivity index (χ3v) is 4.81. The molecule has 4 heterocycles. The molecule has 9 heteroatoms. The van der Waals surface area contributed by atoms with E-state index in [0.717, 1.165) is 44.7 Å². The molecule has 1 fully saturated rings. The molecular formula is C18H23N7O2. The Morgan fingerprint density at radius 3 is 2.89 bits per heavy atom. The van der Waals surface area contributed by atoms with E-state index in [1.54, 1.807) is 24.5 Å². The second kappa shape index (κ2) is 7.26. The molecule has 0 bridgehead atoms. The standard InChI is InChI=1S/C18H23N7O2/c1-2-7-20-17(26)12-5-8-24(9-6-12)15-11-14(19)25-18(21-15)22-16(23-25)13-4-3-10-27-13/h3-4,10-12H,2,5-9,19H2,1H3,(H,20,26). The molecule has 3 N–H and O–H groups in total. The molecule has 4 rings (SSSR count). The second-order valence-corrected chi connectivity index (χ2v) is 6.72. The average Bonchev–Trinajstić information content (AvgIpc) is 3.35. The fraction of sp³-hybridized carbons (Fsp3) is 0.444. The first kappa shape index (κ1) is 17.3. The molecule has 1 amide bonds. The fourth-order valence-corrected chi connectivity index (χ4v) is 3.31. The number of nitrogen functional groups attached to an aromatic ring is 1. The van der Waals surface area contributed by atoms with Crippen molar-refractivity contribution in [2.75, 3.05) is 30.3 Å². The van der Waals surface area contributed by atoms with E-state index in [1.807, 2.05) is 0 Å². The quantitative estimate of drug-likeness (QED) is 0.703. The Labute approximate surface area is 156 Å². The smallest absolute Gasteiger partial charge is 0.256 e. The predicted molar refractivity (Wildman–Crippen MR) is 101 cm³/mol. The van der Waals surface area contributed by atoms with Crippen LogP contribution < -0.4 is 16.0 Å². The Balaban J connectivity index is 1.50. The first-order valence-electron chi connectivity index (χ1n) is 9.25. The molecule has 142 valence electrons. The van der Waals surface area contributed by atoms with E-state index in [2.05, 4.69) is 32.2 Å². The van der Waals surface area contributed by atoms with Gasteiger partial charge in [0, 0.05) is 31.6 Å². The van der Waals surface area contributed by atoms with Gasteiger partial charge in [-0.1, -0.05) is 6.92 Å². The van der Waals surface area contributed by atoms with Gasteiger partial charge >= 0.3 is 0 Å². The topological polar surface area (TPSA) is 115 Å². The van der Waals surface area contributed by atoms with E-state index >= 15 is 0 Å². The highest BCUT2D eigenvalue weighted by Crippen LogP contribution is 2.25. The number of fused-ring (bicyclic) bond motifs is 1. The molecule has 0 aliphatic carbocycles. The van der Waals surface area contributed by atoms with Gasteiger partial charge in [-0.3, -0.25) is 4.79 Å². The molecule has 9 nitrogen and oxygen atoms in total. The van der Waals surface area contributed by atoms with E-state index in [4.69, 9.17) is 10.2 Å². The largest absolute Gasteiger partial charge is 0.461 e. The highest BCUT2D eigenvalue weighted by Gasteiger charge is 2.26. The van der Waals surface area contributed by atoms with Crippen LogP contribution in [-0.2, 0) is 4.79 Å². The third-order valence-electron chi connectivity index (χ3n) is 4.81. The van der Waals surface area contributed by atoms with E-state index in [1.165, 1.54) is 4.52 Å². The molecule has 1 aliphatic heterocycles. The maximum Gasteiger partial charge on any atom is 0.256 e. The van der Waals surface area contributed by atoms with Gasteiger partial charge in [-0.25, -0.2) is 0 Å². The number of rotatable bonds is 5. The van der Waals surface area contributed by atoms with Gasteiger partial charge in [0.1, 0.15) is 11.6 Å². The minimum Gasteiger partial charge on any atom is -0.461 e. The average molecular weight is 369 g/mol. The number of anilines is 2. The van der Waals surface area contributed by atoms with Crippen LogP contribution in [0.2, 0.25) is 0 Å². The number of furan rings is 1. The molecule has 1 aliphatic rings. The maximum atomic E-state index is 12.1. The first-order valence-corrected chi connectivity index (χ1v) is 9.25. The Morgan fingerprint density at radius 1 is 1.37 bits per heavy atom. The Bertz CT molecular complexity index is 927. The molecule has 0 atom stereocenters. The van der Waals surface area contributed by atoms with Gasteiger partial charge in [0.2, 0.25) is 11.7 Å². The first-order chi connectivity index (χ1) is 13.2. The zero-order valence-electron chi connectivity index (χ0n) is 15.3. The van der Waals surface area contributed by atoms with Crippen molar-refractivity contribution in [2.24, 2.45) is 5.92 Å². The number of nitrogens with zero attached hydrogens (tertiary/aromatic N) is 5. The minimum absolute atomic E-state index is 0.0625. The highest BCUT2D eigenvalue weighted by molar-refractivity contribution is 5.79. The summed E-state index contributed by atoms with van der Waals surface area (Å²) in [5.74, 6) is 2.88. The summed E-state index contributed by atoms with van der Waals surface area (Å²) in [6.45, 7) is 4.30. The molecule has 0 unspecified atom stereocenters. The van der Waals surface area contributed by atoms with Crippen molar-refractivity contribution in [3.63, 3.8) is 0 Å². The molecule has 3 aromatic rings. The number of aromatic nitrogens is 4. The van der Waals surface area contributed by atoms with Crippen LogP contribution in [-0.4, -0.2) is 45.1 Å². The number of hydrogen-bond donors (Lipinski definition) is 2. The van der Waals surface area contributed by atoms with Crippen LogP contribution in [0.25, 0.3) is 17.4 Å². The van der Waals surface area contributed by atoms with Crippen molar-refractivity contribution in [1.29, 1.82) is 0 Å². The van der Waals surface area contributed by atoms with Gasteiger partial charge in [-0.15, -0.1) is 5.10 Å². The Morgan fingerprint density at radius 2 is 2.19 bits per heavy atom. The molecule has 0 aromatic carbocycles. The van der Waals surface area contributed by atoms with Crippen LogP contribution in [0.15, 0.2) is 28.9 Å². The summed E-state index contributed by atoms with van der Waals surface area (Å²) < 4.78 is 6.85. The zero-order chi connectivity index (χ0) is 18.8. The van der Waals surface area contributed by atoms with E-state index in [0.29, 0.717) is 23.2 Å². The Hall–Kier alpha value is -3.10. The van der Waals surface area contributed by atoms with Gasteiger partial charge in [0.05, 0.1) is 6.26 Å². The van der Waals surface area contributed by atoms with E-state index < -0.39 is 0 Å². The van der Waals surface area contributed by atoms with Gasteiger partial charge in [-0.2, -0.15) is 14.5 Å². The minimum atomic E-state index is 0.0625.